The average Bonchev–Trinajstić information content (AvgIpc) is 3.10. The van der Waals surface area contributed by atoms with Crippen LogP contribution in [-0.4, -0.2) is 21.9 Å². The lowest BCUT2D eigenvalue weighted by molar-refractivity contribution is -0.119. The van der Waals surface area contributed by atoms with Gasteiger partial charge in [-0.15, -0.1) is 0 Å². The average molecular weight is 333 g/mol. The molecule has 23 heavy (non-hydrogen) atoms. The minimum atomic E-state index is -0.566. The lowest BCUT2D eigenvalue weighted by Crippen LogP contribution is -2.43. The standard InChI is InChI=1S/C17H21ClN4O/c1-3-4-13-9-20-16(21-13)15-8-11-7-12(18)5-6-14(11)22(15)17(23)10(2)19/h5-7,9-10,15H,3-4,8,19H2,1-2H3,(H,20,21)/t10-,15-/m0/s1. The van der Waals surface area contributed by atoms with E-state index in [0.29, 0.717) is 11.4 Å². The summed E-state index contributed by atoms with van der Waals surface area (Å²) in [5.41, 5.74) is 8.85. The molecule has 5 nitrogen and oxygen atoms in total. The van der Waals surface area contributed by atoms with E-state index >= 15 is 0 Å². The maximum atomic E-state index is 12.6. The fourth-order valence-corrected chi connectivity index (χ4v) is 3.27. The molecule has 0 aliphatic carbocycles. The number of aromatic nitrogens is 2. The quantitative estimate of drug-likeness (QED) is 0.903. The molecule has 2 atom stereocenters. The molecule has 0 radical (unpaired) electrons. The van der Waals surface area contributed by atoms with Crippen LogP contribution in [0.15, 0.2) is 24.4 Å². The summed E-state index contributed by atoms with van der Waals surface area (Å²) >= 11 is 6.10. The molecule has 2 heterocycles. The van der Waals surface area contributed by atoms with E-state index < -0.39 is 6.04 Å². The molecule has 3 N–H and O–H groups in total. The molecule has 1 aromatic carbocycles. The lowest BCUT2D eigenvalue weighted by atomic mass is 10.1. The van der Waals surface area contributed by atoms with Gasteiger partial charge in [-0.2, -0.15) is 0 Å². The number of hydrogen-bond donors (Lipinski definition) is 2. The molecule has 1 aliphatic heterocycles. The number of carbonyl (C=O) groups excluding carboxylic acids is 1. The van der Waals surface area contributed by atoms with Crippen molar-refractivity contribution in [3.63, 3.8) is 0 Å². The Labute approximate surface area is 140 Å². The van der Waals surface area contributed by atoms with E-state index in [1.165, 1.54) is 0 Å². The molecule has 3 rings (SSSR count). The number of nitrogens with one attached hydrogen (secondary N) is 1. The third-order valence-electron chi connectivity index (χ3n) is 4.14. The van der Waals surface area contributed by atoms with Gasteiger partial charge in [0.05, 0.1) is 12.1 Å². The molecule has 0 saturated carbocycles. The van der Waals surface area contributed by atoms with E-state index in [0.717, 1.165) is 35.6 Å². The molecule has 0 unspecified atom stereocenters. The maximum absolute atomic E-state index is 12.6. The van der Waals surface area contributed by atoms with Crippen LogP contribution in [0.1, 0.15) is 43.4 Å². The highest BCUT2D eigenvalue weighted by atomic mass is 35.5. The zero-order valence-corrected chi connectivity index (χ0v) is 14.1. The molecule has 1 amide bonds. The normalized spacial score (nSPS) is 18.1. The summed E-state index contributed by atoms with van der Waals surface area (Å²) < 4.78 is 0. The first-order valence-corrected chi connectivity index (χ1v) is 8.30. The van der Waals surface area contributed by atoms with Crippen molar-refractivity contribution in [2.75, 3.05) is 4.90 Å². The summed E-state index contributed by atoms with van der Waals surface area (Å²) in [5.74, 6) is 0.694. The number of fused-ring (bicyclic) bond motifs is 1. The molecule has 0 fully saturated rings. The van der Waals surface area contributed by atoms with Gasteiger partial charge in [-0.3, -0.25) is 9.69 Å². The van der Waals surface area contributed by atoms with Gasteiger partial charge < -0.3 is 10.7 Å². The van der Waals surface area contributed by atoms with E-state index in [1.54, 1.807) is 17.9 Å². The van der Waals surface area contributed by atoms with Gasteiger partial charge in [0, 0.05) is 29.0 Å². The predicted octanol–water partition coefficient (Wildman–Crippen LogP) is 2.99. The second-order valence-corrected chi connectivity index (χ2v) is 6.47. The van der Waals surface area contributed by atoms with E-state index in [-0.39, 0.29) is 11.9 Å². The van der Waals surface area contributed by atoms with E-state index in [4.69, 9.17) is 17.3 Å². The number of aromatic amines is 1. The van der Waals surface area contributed by atoms with Crippen LogP contribution in [-0.2, 0) is 17.6 Å². The fraction of sp³-hybridized carbons (Fsp3) is 0.412. The van der Waals surface area contributed by atoms with Crippen LogP contribution in [0.4, 0.5) is 5.69 Å². The number of benzene rings is 1. The van der Waals surface area contributed by atoms with Crippen molar-refractivity contribution in [3.8, 4) is 0 Å². The largest absolute Gasteiger partial charge is 0.344 e. The van der Waals surface area contributed by atoms with Crippen molar-refractivity contribution in [1.82, 2.24) is 9.97 Å². The van der Waals surface area contributed by atoms with E-state index in [1.807, 2.05) is 18.3 Å². The van der Waals surface area contributed by atoms with Crippen LogP contribution in [0.5, 0.6) is 0 Å². The Kier molecular flexibility index (Phi) is 4.41. The molecule has 0 saturated heterocycles. The highest BCUT2D eigenvalue weighted by Crippen LogP contribution is 2.41. The molecule has 1 aromatic heterocycles. The summed E-state index contributed by atoms with van der Waals surface area (Å²) in [5, 5.41) is 0.670. The highest BCUT2D eigenvalue weighted by molar-refractivity contribution is 6.30. The SMILES string of the molecule is CCCc1cnc([C@@H]2Cc3cc(Cl)ccc3N2C(=O)[C@H](C)N)[nH]1. The van der Waals surface area contributed by atoms with Crippen LogP contribution >= 0.6 is 11.6 Å². The maximum Gasteiger partial charge on any atom is 0.244 e. The Morgan fingerprint density at radius 3 is 3.04 bits per heavy atom. The number of aryl methyl sites for hydroxylation is 1. The Balaban J connectivity index is 2.00. The van der Waals surface area contributed by atoms with Crippen molar-refractivity contribution in [2.24, 2.45) is 5.73 Å². The van der Waals surface area contributed by atoms with Gasteiger partial charge in [0.15, 0.2) is 0 Å². The van der Waals surface area contributed by atoms with Gasteiger partial charge in [-0.1, -0.05) is 24.9 Å². The fourth-order valence-electron chi connectivity index (χ4n) is 3.07. The monoisotopic (exact) mass is 332 g/mol. The number of nitrogens with zero attached hydrogens (tertiary/aromatic N) is 2. The molecule has 2 aromatic rings. The van der Waals surface area contributed by atoms with Gasteiger partial charge in [-0.25, -0.2) is 4.98 Å². The summed E-state index contributed by atoms with van der Waals surface area (Å²) in [7, 11) is 0. The third kappa shape index (κ3) is 2.99. The summed E-state index contributed by atoms with van der Waals surface area (Å²) in [6, 6.07) is 4.87. The van der Waals surface area contributed by atoms with E-state index in [2.05, 4.69) is 16.9 Å². The first-order chi connectivity index (χ1) is 11.0. The first-order valence-electron chi connectivity index (χ1n) is 7.92. The predicted molar refractivity (Wildman–Crippen MR) is 91.6 cm³/mol. The summed E-state index contributed by atoms with van der Waals surface area (Å²) in [6.07, 6.45) is 4.53. The lowest BCUT2D eigenvalue weighted by Gasteiger charge is -2.26. The Morgan fingerprint density at radius 1 is 1.57 bits per heavy atom. The molecule has 0 spiro atoms. The minimum absolute atomic E-state index is 0.107. The van der Waals surface area contributed by atoms with Crippen LogP contribution in [0.25, 0.3) is 0 Å². The summed E-state index contributed by atoms with van der Waals surface area (Å²) in [4.78, 5) is 22.2. The second kappa shape index (κ2) is 6.34. The third-order valence-corrected chi connectivity index (χ3v) is 4.37. The Morgan fingerprint density at radius 2 is 2.35 bits per heavy atom. The van der Waals surface area contributed by atoms with Gasteiger partial charge in [0.1, 0.15) is 5.82 Å². The molecule has 0 bridgehead atoms. The first kappa shape index (κ1) is 16.0. The van der Waals surface area contributed by atoms with Crippen LogP contribution in [0.2, 0.25) is 5.02 Å². The van der Waals surface area contributed by atoms with Crippen molar-refractivity contribution in [1.29, 1.82) is 0 Å². The van der Waals surface area contributed by atoms with Crippen molar-refractivity contribution in [3.05, 3.63) is 46.5 Å². The van der Waals surface area contributed by atoms with E-state index in [9.17, 15) is 4.79 Å². The molecular formula is C17H21ClN4O. The van der Waals surface area contributed by atoms with Gasteiger partial charge in [0.25, 0.3) is 0 Å². The number of hydrogen-bond acceptors (Lipinski definition) is 3. The number of amides is 1. The van der Waals surface area contributed by atoms with Crippen molar-refractivity contribution < 1.29 is 4.79 Å². The van der Waals surface area contributed by atoms with Gasteiger partial charge in [0.2, 0.25) is 5.91 Å². The highest BCUT2D eigenvalue weighted by Gasteiger charge is 2.37. The number of halogens is 1. The molecule has 6 heteroatoms. The number of anilines is 1. The zero-order valence-electron chi connectivity index (χ0n) is 13.3. The number of carbonyl (C=O) groups is 1. The minimum Gasteiger partial charge on any atom is -0.344 e. The van der Waals surface area contributed by atoms with Gasteiger partial charge in [-0.05, 0) is 37.1 Å². The molecule has 122 valence electrons. The van der Waals surface area contributed by atoms with Crippen LogP contribution in [0.3, 0.4) is 0 Å². The van der Waals surface area contributed by atoms with Gasteiger partial charge >= 0.3 is 0 Å². The Hall–Kier alpha value is -1.85. The summed E-state index contributed by atoms with van der Waals surface area (Å²) in [6.45, 7) is 3.83. The number of rotatable bonds is 4. The zero-order chi connectivity index (χ0) is 16.6. The van der Waals surface area contributed by atoms with Crippen LogP contribution < -0.4 is 10.6 Å². The number of nitrogens with two attached hydrogens (primary N) is 1. The van der Waals surface area contributed by atoms with Crippen LogP contribution in [0, 0.1) is 0 Å². The number of H-pyrrole nitrogens is 1. The smallest absolute Gasteiger partial charge is 0.244 e. The molecule has 1 aliphatic rings. The van der Waals surface area contributed by atoms with Crippen molar-refractivity contribution in [2.45, 2.75) is 45.2 Å². The topological polar surface area (TPSA) is 75.0 Å². The second-order valence-electron chi connectivity index (χ2n) is 6.03. The van der Waals surface area contributed by atoms with Crippen molar-refractivity contribution >= 4 is 23.2 Å². The molecular weight excluding hydrogens is 312 g/mol. The Bertz CT molecular complexity index is 725. The number of imidazole rings is 1.